The van der Waals surface area contributed by atoms with Crippen LogP contribution < -0.4 is 31.3 Å². The lowest BCUT2D eigenvalue weighted by Crippen LogP contribution is -2.52. The number of halogens is 2. The summed E-state index contributed by atoms with van der Waals surface area (Å²) in [5.41, 5.74) is 2.46. The first-order valence-electron chi connectivity index (χ1n) is 21.5. The highest BCUT2D eigenvalue weighted by atomic mass is 35.5. The minimum absolute atomic E-state index is 0.00667. The summed E-state index contributed by atoms with van der Waals surface area (Å²) in [6, 6.07) is 15.4. The Morgan fingerprint density at radius 2 is 1.74 bits per heavy atom. The molecule has 1 atom stereocenters. The number of ether oxygens (including phenoxy) is 2. The van der Waals surface area contributed by atoms with Crippen molar-refractivity contribution >= 4 is 63.2 Å². The summed E-state index contributed by atoms with van der Waals surface area (Å²) >= 11 is 7.48. The molecule has 14 nitrogen and oxygen atoms in total. The Bertz CT molecular complexity index is 2170. The van der Waals surface area contributed by atoms with Gasteiger partial charge in [0.05, 0.1) is 16.5 Å². The fourth-order valence-electron chi connectivity index (χ4n) is 8.33. The summed E-state index contributed by atoms with van der Waals surface area (Å²) in [6.45, 7) is 4.41. The van der Waals surface area contributed by atoms with Crippen LogP contribution in [0.25, 0.3) is 0 Å². The number of imide groups is 1. The minimum atomic E-state index is -0.691. The molecule has 3 aliphatic rings. The summed E-state index contributed by atoms with van der Waals surface area (Å²) < 4.78 is 26.5. The first kappa shape index (κ1) is 44.9. The Hall–Kier alpha value is -5.16. The molecule has 2 aliphatic heterocycles. The molecule has 4 heterocycles. The molecule has 0 radical (unpaired) electrons. The molecule has 2 fully saturated rings. The number of nitrogens with one attached hydrogen (secondary N) is 5. The lowest BCUT2D eigenvalue weighted by molar-refractivity contribution is -0.137. The van der Waals surface area contributed by atoms with E-state index in [0.29, 0.717) is 82.8 Å². The van der Waals surface area contributed by atoms with Crippen LogP contribution in [0, 0.1) is 11.2 Å². The molecule has 1 saturated heterocycles. The van der Waals surface area contributed by atoms with Crippen molar-refractivity contribution in [3.8, 4) is 5.75 Å². The number of rotatable bonds is 22. The topological polar surface area (TPSA) is 176 Å². The number of piperidine rings is 1. The van der Waals surface area contributed by atoms with Crippen molar-refractivity contribution in [3.05, 3.63) is 93.8 Å². The maximum atomic E-state index is 14.6. The van der Waals surface area contributed by atoms with E-state index in [1.54, 1.807) is 29.3 Å². The van der Waals surface area contributed by atoms with Crippen molar-refractivity contribution in [2.75, 3.05) is 50.0 Å². The molecule has 5 N–H and O–H groups in total. The minimum Gasteiger partial charge on any atom is -0.487 e. The van der Waals surface area contributed by atoms with E-state index >= 15 is 0 Å². The number of carbonyl (C=O) groups is 4. The molecule has 4 aromatic rings. The van der Waals surface area contributed by atoms with Crippen LogP contribution in [-0.4, -0.2) is 90.0 Å². The number of benzene rings is 2. The van der Waals surface area contributed by atoms with E-state index in [4.69, 9.17) is 26.1 Å². The fraction of sp³-hybridized carbons (Fsp3) is 0.467. The molecule has 1 aliphatic carbocycles. The summed E-state index contributed by atoms with van der Waals surface area (Å²) in [7, 11) is 0. The van der Waals surface area contributed by atoms with E-state index in [-0.39, 0.29) is 41.0 Å². The maximum Gasteiger partial charge on any atom is 0.255 e. The monoisotopic (exact) mass is 888 g/mol. The molecule has 1 saturated carbocycles. The van der Waals surface area contributed by atoms with Crippen LogP contribution in [0.3, 0.4) is 0 Å². The molecule has 330 valence electrons. The molecule has 2 aromatic carbocycles. The Morgan fingerprint density at radius 3 is 2.53 bits per heavy atom. The Morgan fingerprint density at radius 1 is 0.952 bits per heavy atom. The standard InChI is InChI=1S/C45H54ClFN8O6S/c46-34-10-7-12-37(40(34)47)61-31-16-18-45(19-17-31,28-30-8-5-13-38(52-30)53-44-51-24-27-62-44)43(59)50-21-2-4-26-60-25-3-1-20-48-22-23-49-35-11-6-9-32-33(35)29-55(42(32)58)36-14-15-39(56)54-41(36)57/h5-13,24,27,31,36,48-49H,1-4,14-23,25-26,28-29H2,(H,50,59)(H,51,52,53)(H,54,56,57). The highest BCUT2D eigenvalue weighted by Crippen LogP contribution is 2.41. The number of aromatic nitrogens is 2. The molecule has 62 heavy (non-hydrogen) atoms. The highest BCUT2D eigenvalue weighted by molar-refractivity contribution is 7.13. The second-order valence-corrected chi connectivity index (χ2v) is 17.3. The third-order valence-electron chi connectivity index (χ3n) is 11.7. The van der Waals surface area contributed by atoms with Gasteiger partial charge in [-0.05, 0) is 101 Å². The van der Waals surface area contributed by atoms with Crippen LogP contribution in [-0.2, 0) is 32.1 Å². The average molecular weight is 889 g/mol. The third kappa shape index (κ3) is 11.6. The molecule has 2 aromatic heterocycles. The fourth-order valence-corrected chi connectivity index (χ4v) is 9.03. The zero-order chi connectivity index (χ0) is 43.3. The van der Waals surface area contributed by atoms with Gasteiger partial charge in [0.2, 0.25) is 17.7 Å². The van der Waals surface area contributed by atoms with Gasteiger partial charge in [-0.25, -0.2) is 14.4 Å². The third-order valence-corrected chi connectivity index (χ3v) is 12.6. The van der Waals surface area contributed by atoms with Crippen LogP contribution in [0.5, 0.6) is 5.75 Å². The van der Waals surface area contributed by atoms with Crippen molar-refractivity contribution < 1.29 is 33.0 Å². The number of thiazole rings is 1. The molecule has 17 heteroatoms. The van der Waals surface area contributed by atoms with Gasteiger partial charge in [0, 0.05) is 86.3 Å². The summed E-state index contributed by atoms with van der Waals surface area (Å²) in [4.78, 5) is 61.7. The Balaban J connectivity index is 0.778. The van der Waals surface area contributed by atoms with E-state index in [0.717, 1.165) is 60.8 Å². The zero-order valence-electron chi connectivity index (χ0n) is 34.7. The van der Waals surface area contributed by atoms with E-state index < -0.39 is 23.2 Å². The van der Waals surface area contributed by atoms with Gasteiger partial charge >= 0.3 is 0 Å². The van der Waals surface area contributed by atoms with Gasteiger partial charge < -0.3 is 35.6 Å². The van der Waals surface area contributed by atoms with E-state index in [1.807, 2.05) is 35.7 Å². The summed E-state index contributed by atoms with van der Waals surface area (Å²) in [6.07, 6.45) is 8.32. The number of hydrogen-bond acceptors (Lipinski definition) is 12. The number of carbonyl (C=O) groups excluding carboxylic acids is 4. The number of amides is 4. The van der Waals surface area contributed by atoms with Crippen molar-refractivity contribution in [2.24, 2.45) is 5.41 Å². The van der Waals surface area contributed by atoms with E-state index in [1.165, 1.54) is 17.4 Å². The van der Waals surface area contributed by atoms with Crippen molar-refractivity contribution in [1.29, 1.82) is 0 Å². The predicted molar refractivity (Wildman–Crippen MR) is 236 cm³/mol. The van der Waals surface area contributed by atoms with Gasteiger partial charge in [-0.1, -0.05) is 29.8 Å². The largest absolute Gasteiger partial charge is 0.487 e. The second kappa shape index (κ2) is 21.8. The summed E-state index contributed by atoms with van der Waals surface area (Å²) in [5, 5.41) is 18.3. The number of anilines is 3. The quantitative estimate of drug-likeness (QED) is 0.0416. The van der Waals surface area contributed by atoms with Crippen LogP contribution in [0.1, 0.15) is 85.8 Å². The SMILES string of the molecule is O=C1CCC(N2Cc3c(NCCNCCCCOCCCCNC(=O)C4(Cc5cccc(Nc6nccs6)n5)CCC(Oc5cccc(Cl)c5F)CC4)cccc3C2=O)C(=O)N1. The van der Waals surface area contributed by atoms with Crippen LogP contribution in [0.15, 0.2) is 66.2 Å². The number of nitrogens with zero attached hydrogens (tertiary/aromatic N) is 3. The lowest BCUT2D eigenvalue weighted by atomic mass is 9.69. The van der Waals surface area contributed by atoms with Crippen LogP contribution >= 0.6 is 22.9 Å². The van der Waals surface area contributed by atoms with Crippen molar-refractivity contribution in [1.82, 2.24) is 30.8 Å². The normalized spacial score (nSPS) is 19.8. The van der Waals surface area contributed by atoms with Gasteiger partial charge in [0.25, 0.3) is 5.91 Å². The lowest BCUT2D eigenvalue weighted by Gasteiger charge is -2.39. The predicted octanol–water partition coefficient (Wildman–Crippen LogP) is 6.78. The highest BCUT2D eigenvalue weighted by Gasteiger charge is 2.43. The first-order chi connectivity index (χ1) is 30.2. The van der Waals surface area contributed by atoms with Crippen LogP contribution in [0.4, 0.5) is 21.0 Å². The van der Waals surface area contributed by atoms with Gasteiger partial charge in [0.1, 0.15) is 11.9 Å². The zero-order valence-corrected chi connectivity index (χ0v) is 36.3. The van der Waals surface area contributed by atoms with Gasteiger partial charge in [0.15, 0.2) is 16.7 Å². The Kier molecular flexibility index (Phi) is 15.8. The van der Waals surface area contributed by atoms with Crippen molar-refractivity contribution in [2.45, 2.75) is 89.3 Å². The Labute approximate surface area is 370 Å². The molecule has 4 amide bonds. The number of hydrogen-bond donors (Lipinski definition) is 5. The second-order valence-electron chi connectivity index (χ2n) is 16.0. The number of fused-ring (bicyclic) bond motifs is 1. The van der Waals surface area contributed by atoms with Gasteiger partial charge in [-0.15, -0.1) is 11.3 Å². The van der Waals surface area contributed by atoms with Crippen molar-refractivity contribution in [3.63, 3.8) is 0 Å². The number of unbranched alkanes of at least 4 members (excludes halogenated alkanes) is 2. The van der Waals surface area contributed by atoms with Crippen LogP contribution in [0.2, 0.25) is 5.02 Å². The molecule has 7 rings (SSSR count). The number of pyridine rings is 1. The maximum absolute atomic E-state index is 14.6. The molecule has 0 bridgehead atoms. The van der Waals surface area contributed by atoms with Gasteiger partial charge in [-0.3, -0.25) is 24.5 Å². The van der Waals surface area contributed by atoms with E-state index in [2.05, 4.69) is 31.6 Å². The summed E-state index contributed by atoms with van der Waals surface area (Å²) in [5.74, 6) is -0.679. The van der Waals surface area contributed by atoms with E-state index in [9.17, 15) is 23.6 Å². The molecular formula is C45H54ClFN8O6S. The molecule has 1 unspecified atom stereocenters. The smallest absolute Gasteiger partial charge is 0.255 e. The molecule has 0 spiro atoms. The first-order valence-corrected chi connectivity index (χ1v) is 22.8. The average Bonchev–Trinajstić information content (AvgIpc) is 3.91. The van der Waals surface area contributed by atoms with Gasteiger partial charge in [-0.2, -0.15) is 0 Å². The molecular weight excluding hydrogens is 835 g/mol.